The van der Waals surface area contributed by atoms with Gasteiger partial charge in [-0.15, -0.1) is 0 Å². The summed E-state index contributed by atoms with van der Waals surface area (Å²) in [4.78, 5) is 24.2. The summed E-state index contributed by atoms with van der Waals surface area (Å²) in [6, 6.07) is 9.37. The van der Waals surface area contributed by atoms with Crippen LogP contribution in [0.25, 0.3) is 22.1 Å². The van der Waals surface area contributed by atoms with Crippen LogP contribution >= 0.6 is 23.2 Å². The molecule has 0 aliphatic carbocycles. The van der Waals surface area contributed by atoms with Crippen LogP contribution < -0.4 is 10.2 Å². The summed E-state index contributed by atoms with van der Waals surface area (Å²) in [7, 11) is 1.39. The number of fused-ring (bicyclic) bond motifs is 1. The first kappa shape index (κ1) is 17.5. The maximum absolute atomic E-state index is 12.7. The molecule has 0 radical (unpaired) electrons. The van der Waals surface area contributed by atoms with Gasteiger partial charge < -0.3 is 13.9 Å². The van der Waals surface area contributed by atoms with Crippen molar-refractivity contribution in [2.75, 3.05) is 13.7 Å². The van der Waals surface area contributed by atoms with Crippen LogP contribution in [-0.4, -0.2) is 19.7 Å². The van der Waals surface area contributed by atoms with Crippen molar-refractivity contribution in [1.82, 2.24) is 0 Å². The second-order valence-corrected chi connectivity index (χ2v) is 6.01. The van der Waals surface area contributed by atoms with E-state index in [4.69, 9.17) is 37.1 Å². The number of hydrogen-bond acceptors (Lipinski definition) is 5. The Labute approximate surface area is 152 Å². The number of carbonyl (C=O) groups is 1. The highest BCUT2D eigenvalue weighted by molar-refractivity contribution is 6.36. The summed E-state index contributed by atoms with van der Waals surface area (Å²) in [5.74, 6) is -0.288. The Morgan fingerprint density at radius 1 is 1.12 bits per heavy atom. The largest absolute Gasteiger partial charge is 0.463 e. The average molecular weight is 379 g/mol. The molecule has 128 valence electrons. The molecule has 0 bridgehead atoms. The fraction of sp³-hybridized carbons (Fsp3) is 0.111. The predicted molar refractivity (Wildman–Crippen MR) is 95.5 cm³/mol. The monoisotopic (exact) mass is 378 g/mol. The molecule has 0 N–H and O–H groups in total. The zero-order valence-corrected chi connectivity index (χ0v) is 14.6. The first-order valence-electron chi connectivity index (χ1n) is 7.20. The number of rotatable bonds is 4. The lowest BCUT2D eigenvalue weighted by atomic mass is 10.1. The maximum atomic E-state index is 12.7. The summed E-state index contributed by atoms with van der Waals surface area (Å²) < 4.78 is 15.3. The Balaban J connectivity index is 2.03. The van der Waals surface area contributed by atoms with Gasteiger partial charge in [0.2, 0.25) is 5.43 Å². The van der Waals surface area contributed by atoms with Gasteiger partial charge in [-0.3, -0.25) is 4.79 Å². The summed E-state index contributed by atoms with van der Waals surface area (Å²) in [6.07, 6.45) is 1.32. The first-order chi connectivity index (χ1) is 12.0. The van der Waals surface area contributed by atoms with Crippen LogP contribution in [-0.2, 0) is 9.53 Å². The number of benzene rings is 2. The molecule has 0 unspecified atom stereocenters. The van der Waals surface area contributed by atoms with E-state index in [-0.39, 0.29) is 17.8 Å². The standard InChI is InChI=1S/C18H12Cl2O5/c1-23-9-17(21)25-11-3-5-13-16(7-11)24-8-14(18(13)22)12-4-2-10(19)6-15(12)20/h2-8H,9H2,1H3. The Hall–Kier alpha value is -2.34. The molecule has 0 aliphatic rings. The lowest BCUT2D eigenvalue weighted by Crippen LogP contribution is -2.14. The Bertz CT molecular complexity index is 1010. The summed E-state index contributed by atoms with van der Waals surface area (Å²) >= 11 is 12.0. The second-order valence-electron chi connectivity index (χ2n) is 5.17. The molecule has 0 saturated heterocycles. The van der Waals surface area contributed by atoms with Crippen LogP contribution in [0.2, 0.25) is 10.0 Å². The first-order valence-corrected chi connectivity index (χ1v) is 7.96. The fourth-order valence-electron chi connectivity index (χ4n) is 2.34. The highest BCUT2D eigenvalue weighted by Gasteiger charge is 2.13. The molecule has 0 saturated carbocycles. The van der Waals surface area contributed by atoms with E-state index >= 15 is 0 Å². The minimum atomic E-state index is -0.547. The quantitative estimate of drug-likeness (QED) is 0.499. The average Bonchev–Trinajstić information content (AvgIpc) is 2.56. The van der Waals surface area contributed by atoms with Gasteiger partial charge in [0.1, 0.15) is 24.2 Å². The molecule has 0 aliphatic heterocycles. The maximum Gasteiger partial charge on any atom is 0.337 e. The van der Waals surface area contributed by atoms with E-state index in [0.717, 1.165) is 0 Å². The molecular weight excluding hydrogens is 367 g/mol. The molecule has 1 aromatic heterocycles. The molecule has 7 heteroatoms. The van der Waals surface area contributed by atoms with Crippen molar-refractivity contribution >= 4 is 40.1 Å². The summed E-state index contributed by atoms with van der Waals surface area (Å²) in [5.41, 5.74) is 0.886. The highest BCUT2D eigenvalue weighted by atomic mass is 35.5. The van der Waals surface area contributed by atoms with E-state index < -0.39 is 5.97 Å². The van der Waals surface area contributed by atoms with Gasteiger partial charge in [-0.2, -0.15) is 0 Å². The number of hydrogen-bond donors (Lipinski definition) is 0. The lowest BCUT2D eigenvalue weighted by molar-refractivity contribution is -0.138. The van der Waals surface area contributed by atoms with Crippen molar-refractivity contribution in [2.45, 2.75) is 0 Å². The molecule has 2 aromatic carbocycles. The Morgan fingerprint density at radius 3 is 2.64 bits per heavy atom. The zero-order valence-electron chi connectivity index (χ0n) is 13.0. The van der Waals surface area contributed by atoms with Crippen LogP contribution in [0.5, 0.6) is 5.75 Å². The molecule has 1 heterocycles. The van der Waals surface area contributed by atoms with E-state index in [1.165, 1.54) is 31.6 Å². The van der Waals surface area contributed by atoms with Gasteiger partial charge >= 0.3 is 5.97 Å². The van der Waals surface area contributed by atoms with Crippen LogP contribution in [0, 0.1) is 0 Å². The van der Waals surface area contributed by atoms with E-state index in [1.54, 1.807) is 18.2 Å². The zero-order chi connectivity index (χ0) is 18.0. The fourth-order valence-corrected chi connectivity index (χ4v) is 2.86. The third-order valence-electron chi connectivity index (χ3n) is 3.46. The second kappa shape index (κ2) is 7.27. The third-order valence-corrected chi connectivity index (χ3v) is 4.01. The van der Waals surface area contributed by atoms with Gasteiger partial charge in [0.05, 0.1) is 16.0 Å². The van der Waals surface area contributed by atoms with Crippen LogP contribution in [0.15, 0.2) is 51.9 Å². The lowest BCUT2D eigenvalue weighted by Gasteiger charge is -2.07. The van der Waals surface area contributed by atoms with Gasteiger partial charge in [0.15, 0.2) is 0 Å². The molecular formula is C18H12Cl2O5. The van der Waals surface area contributed by atoms with Crippen LogP contribution in [0.1, 0.15) is 0 Å². The SMILES string of the molecule is COCC(=O)Oc1ccc2c(=O)c(-c3ccc(Cl)cc3Cl)coc2c1. The van der Waals surface area contributed by atoms with Crippen LogP contribution in [0.4, 0.5) is 0 Å². The Morgan fingerprint density at radius 2 is 1.92 bits per heavy atom. The molecule has 0 fully saturated rings. The smallest absolute Gasteiger partial charge is 0.337 e. The van der Waals surface area contributed by atoms with Crippen molar-refractivity contribution in [3.63, 3.8) is 0 Å². The summed E-state index contributed by atoms with van der Waals surface area (Å²) in [5, 5.41) is 1.17. The number of methoxy groups -OCH3 is 1. The van der Waals surface area contributed by atoms with Crippen LogP contribution in [0.3, 0.4) is 0 Å². The topological polar surface area (TPSA) is 65.7 Å². The van der Waals surface area contributed by atoms with Gasteiger partial charge in [-0.25, -0.2) is 4.79 Å². The minimum absolute atomic E-state index is 0.171. The van der Waals surface area contributed by atoms with Gasteiger partial charge in [0.25, 0.3) is 0 Å². The molecule has 3 aromatic rings. The normalized spacial score (nSPS) is 10.8. The Kier molecular flexibility index (Phi) is 5.08. The number of esters is 1. The van der Waals surface area contributed by atoms with E-state index in [1.807, 2.05) is 0 Å². The van der Waals surface area contributed by atoms with Crippen molar-refractivity contribution in [2.24, 2.45) is 0 Å². The van der Waals surface area contributed by atoms with Gasteiger partial charge in [-0.05, 0) is 24.3 Å². The molecule has 0 spiro atoms. The van der Waals surface area contributed by atoms with Gasteiger partial charge in [0, 0.05) is 23.8 Å². The van der Waals surface area contributed by atoms with E-state index in [2.05, 4.69) is 0 Å². The molecule has 3 rings (SSSR count). The minimum Gasteiger partial charge on any atom is -0.463 e. The van der Waals surface area contributed by atoms with E-state index in [9.17, 15) is 9.59 Å². The third kappa shape index (κ3) is 3.69. The number of ether oxygens (including phenoxy) is 2. The summed E-state index contributed by atoms with van der Waals surface area (Å²) in [6.45, 7) is -0.171. The van der Waals surface area contributed by atoms with Crippen molar-refractivity contribution in [1.29, 1.82) is 0 Å². The van der Waals surface area contributed by atoms with Crippen molar-refractivity contribution in [3.05, 3.63) is 62.9 Å². The van der Waals surface area contributed by atoms with Crippen molar-refractivity contribution < 1.29 is 18.7 Å². The number of halogens is 2. The predicted octanol–water partition coefficient (Wildman–Crippen LogP) is 4.32. The molecule has 0 amide bonds. The van der Waals surface area contributed by atoms with Gasteiger partial charge in [-0.1, -0.05) is 29.3 Å². The highest BCUT2D eigenvalue weighted by Crippen LogP contribution is 2.30. The van der Waals surface area contributed by atoms with Crippen molar-refractivity contribution in [3.8, 4) is 16.9 Å². The molecule has 0 atom stereocenters. The van der Waals surface area contributed by atoms with E-state index in [0.29, 0.717) is 32.1 Å². The molecule has 5 nitrogen and oxygen atoms in total. The molecule has 25 heavy (non-hydrogen) atoms. The number of carbonyl (C=O) groups excluding carboxylic acids is 1.